The molecule has 0 radical (unpaired) electrons. The second-order valence-corrected chi connectivity index (χ2v) is 6.81. The number of aliphatic hydroxyl groups excluding tert-OH is 1. The highest BCUT2D eigenvalue weighted by Gasteiger charge is 2.27. The summed E-state index contributed by atoms with van der Waals surface area (Å²) >= 11 is 0. The first-order valence-electron chi connectivity index (χ1n) is 9.27. The van der Waals surface area contributed by atoms with Gasteiger partial charge >= 0.3 is 0 Å². The van der Waals surface area contributed by atoms with E-state index in [0.29, 0.717) is 11.6 Å². The van der Waals surface area contributed by atoms with Gasteiger partial charge in [-0.25, -0.2) is 19.5 Å². The molecule has 5 rings (SSSR count). The zero-order chi connectivity index (χ0) is 19.8. The number of amidine groups is 1. The number of hydrogen-bond acceptors (Lipinski definition) is 7. The molecule has 0 saturated heterocycles. The number of pyridine rings is 1. The van der Waals surface area contributed by atoms with E-state index in [4.69, 9.17) is 9.73 Å². The Morgan fingerprint density at radius 3 is 3.07 bits per heavy atom. The van der Waals surface area contributed by atoms with Gasteiger partial charge in [0.05, 0.1) is 12.3 Å². The van der Waals surface area contributed by atoms with Crippen molar-refractivity contribution in [2.45, 2.75) is 13.3 Å². The van der Waals surface area contributed by atoms with E-state index < -0.39 is 0 Å². The molecule has 2 N–H and O–H groups in total. The van der Waals surface area contributed by atoms with Gasteiger partial charge in [0.2, 0.25) is 0 Å². The van der Waals surface area contributed by atoms with E-state index in [1.54, 1.807) is 10.9 Å². The Balaban J connectivity index is 1.43. The SMILES string of the molecule is Cc1cc(N=C2N=CNN3CCC(CO)=C23)ccc1Oc1ccn2ncnc2c1. The number of benzene rings is 1. The lowest BCUT2D eigenvalue weighted by molar-refractivity contribution is 0.328. The summed E-state index contributed by atoms with van der Waals surface area (Å²) in [4.78, 5) is 13.2. The van der Waals surface area contributed by atoms with E-state index in [-0.39, 0.29) is 6.61 Å². The second-order valence-electron chi connectivity index (χ2n) is 6.81. The minimum atomic E-state index is 0.00421. The standard InChI is InChI=1S/C20H19N7O2/c1-13-8-15(25-20-19-14(10-28)4-6-27(19)24-12-22-20)2-3-17(13)29-16-5-7-26-18(9-16)21-11-23-26/h2-3,5,7-9,11-12,28H,4,6,10H2,1H3,(H,22,24,25). The number of fused-ring (bicyclic) bond motifs is 2. The van der Waals surface area contributed by atoms with Crippen molar-refractivity contribution < 1.29 is 9.84 Å². The molecule has 3 aromatic rings. The third kappa shape index (κ3) is 3.21. The molecule has 0 spiro atoms. The Morgan fingerprint density at radius 2 is 2.21 bits per heavy atom. The number of hydrazine groups is 1. The van der Waals surface area contributed by atoms with Crippen LogP contribution in [0, 0.1) is 6.92 Å². The van der Waals surface area contributed by atoms with E-state index >= 15 is 0 Å². The fraction of sp³-hybridized carbons (Fsp3) is 0.200. The molecule has 9 heteroatoms. The number of aromatic nitrogens is 3. The Labute approximate surface area is 166 Å². The number of aliphatic imine (C=N–C) groups is 2. The molecule has 146 valence electrons. The van der Waals surface area contributed by atoms with Crippen LogP contribution in [0.3, 0.4) is 0 Å². The zero-order valence-electron chi connectivity index (χ0n) is 15.8. The molecule has 9 nitrogen and oxygen atoms in total. The lowest BCUT2D eigenvalue weighted by Crippen LogP contribution is -2.40. The number of ether oxygens (including phenoxy) is 1. The van der Waals surface area contributed by atoms with Crippen LogP contribution in [0.1, 0.15) is 12.0 Å². The van der Waals surface area contributed by atoms with Crippen molar-refractivity contribution in [3.05, 3.63) is 59.7 Å². The fourth-order valence-corrected chi connectivity index (χ4v) is 3.46. The van der Waals surface area contributed by atoms with Crippen molar-refractivity contribution in [2.24, 2.45) is 9.98 Å². The molecule has 1 aromatic carbocycles. The van der Waals surface area contributed by atoms with Crippen LogP contribution in [0.15, 0.2) is 64.1 Å². The van der Waals surface area contributed by atoms with Gasteiger partial charge in [0.25, 0.3) is 0 Å². The molecular formula is C20H19N7O2. The Bertz CT molecular complexity index is 1180. The summed E-state index contributed by atoms with van der Waals surface area (Å²) in [6, 6.07) is 9.41. The molecule has 2 aliphatic rings. The lowest BCUT2D eigenvalue weighted by atomic mass is 10.2. The molecule has 0 atom stereocenters. The van der Waals surface area contributed by atoms with E-state index in [0.717, 1.165) is 46.9 Å². The topological polar surface area (TPSA) is 99.6 Å². The first-order valence-corrected chi connectivity index (χ1v) is 9.27. The third-order valence-electron chi connectivity index (χ3n) is 4.92. The average molecular weight is 389 g/mol. The molecule has 4 heterocycles. The highest BCUT2D eigenvalue weighted by atomic mass is 16.5. The van der Waals surface area contributed by atoms with Crippen LogP contribution in [0.2, 0.25) is 0 Å². The van der Waals surface area contributed by atoms with Gasteiger partial charge in [0.15, 0.2) is 11.5 Å². The largest absolute Gasteiger partial charge is 0.457 e. The van der Waals surface area contributed by atoms with Gasteiger partial charge in [-0.3, -0.25) is 10.4 Å². The molecular weight excluding hydrogens is 370 g/mol. The predicted molar refractivity (Wildman–Crippen MR) is 108 cm³/mol. The number of nitrogens with one attached hydrogen (secondary N) is 1. The summed E-state index contributed by atoms with van der Waals surface area (Å²) in [7, 11) is 0. The summed E-state index contributed by atoms with van der Waals surface area (Å²) in [6.45, 7) is 2.77. The van der Waals surface area contributed by atoms with E-state index in [9.17, 15) is 5.11 Å². The normalized spacial score (nSPS) is 17.2. The van der Waals surface area contributed by atoms with Crippen LogP contribution in [-0.4, -0.2) is 50.0 Å². The first-order chi connectivity index (χ1) is 14.2. The maximum absolute atomic E-state index is 9.62. The lowest BCUT2D eigenvalue weighted by Gasteiger charge is -2.25. The first kappa shape index (κ1) is 17.4. The Morgan fingerprint density at radius 1 is 1.28 bits per heavy atom. The maximum Gasteiger partial charge on any atom is 0.179 e. The monoisotopic (exact) mass is 389 g/mol. The predicted octanol–water partition coefficient (Wildman–Crippen LogP) is 2.36. The molecule has 0 saturated carbocycles. The summed E-state index contributed by atoms with van der Waals surface area (Å²) in [5.74, 6) is 2.02. The van der Waals surface area contributed by atoms with Crippen LogP contribution in [0.4, 0.5) is 5.69 Å². The molecule has 2 aromatic heterocycles. The second kappa shape index (κ2) is 7.02. The van der Waals surface area contributed by atoms with Crippen molar-refractivity contribution in [1.82, 2.24) is 25.0 Å². The average Bonchev–Trinajstić information content (AvgIpc) is 3.36. The number of aliphatic hydroxyl groups is 1. The van der Waals surface area contributed by atoms with E-state index in [1.807, 2.05) is 48.5 Å². The van der Waals surface area contributed by atoms with Crippen LogP contribution in [0.25, 0.3) is 5.65 Å². The van der Waals surface area contributed by atoms with Gasteiger partial charge < -0.3 is 9.84 Å². The van der Waals surface area contributed by atoms with Crippen LogP contribution < -0.4 is 10.2 Å². The molecule has 0 unspecified atom stereocenters. The van der Waals surface area contributed by atoms with Crippen molar-refractivity contribution in [2.75, 3.05) is 13.2 Å². The summed E-state index contributed by atoms with van der Waals surface area (Å²) in [5.41, 5.74) is 7.32. The summed E-state index contributed by atoms with van der Waals surface area (Å²) in [6.07, 6.45) is 5.73. The highest BCUT2D eigenvalue weighted by molar-refractivity contribution is 6.05. The van der Waals surface area contributed by atoms with Crippen molar-refractivity contribution >= 4 is 23.5 Å². The van der Waals surface area contributed by atoms with Gasteiger partial charge in [-0.05, 0) is 48.7 Å². The quantitative estimate of drug-likeness (QED) is 0.711. The molecule has 29 heavy (non-hydrogen) atoms. The van der Waals surface area contributed by atoms with Crippen molar-refractivity contribution in [3.8, 4) is 11.5 Å². The Kier molecular flexibility index (Phi) is 4.21. The van der Waals surface area contributed by atoms with Gasteiger partial charge in [-0.2, -0.15) is 5.10 Å². The maximum atomic E-state index is 9.62. The van der Waals surface area contributed by atoms with Gasteiger partial charge in [0, 0.05) is 18.8 Å². The minimum Gasteiger partial charge on any atom is -0.457 e. The third-order valence-corrected chi connectivity index (χ3v) is 4.92. The number of aryl methyl sites for hydroxylation is 1. The van der Waals surface area contributed by atoms with E-state index in [2.05, 4.69) is 20.5 Å². The summed E-state index contributed by atoms with van der Waals surface area (Å²) in [5, 5.41) is 15.7. The van der Waals surface area contributed by atoms with Crippen LogP contribution in [0.5, 0.6) is 11.5 Å². The fourth-order valence-electron chi connectivity index (χ4n) is 3.46. The smallest absolute Gasteiger partial charge is 0.179 e. The molecule has 0 aliphatic carbocycles. The molecule has 0 bridgehead atoms. The number of rotatable bonds is 4. The Hall–Kier alpha value is -3.72. The van der Waals surface area contributed by atoms with Crippen molar-refractivity contribution in [1.29, 1.82) is 0 Å². The number of nitrogens with zero attached hydrogens (tertiary/aromatic N) is 6. The summed E-state index contributed by atoms with van der Waals surface area (Å²) < 4.78 is 7.70. The molecule has 2 aliphatic heterocycles. The van der Waals surface area contributed by atoms with Crippen molar-refractivity contribution in [3.63, 3.8) is 0 Å². The van der Waals surface area contributed by atoms with Crippen LogP contribution >= 0.6 is 0 Å². The van der Waals surface area contributed by atoms with Gasteiger partial charge in [-0.15, -0.1) is 0 Å². The van der Waals surface area contributed by atoms with Gasteiger partial charge in [-0.1, -0.05) is 0 Å². The molecule has 0 fully saturated rings. The van der Waals surface area contributed by atoms with Gasteiger partial charge in [0.1, 0.15) is 29.9 Å². The zero-order valence-corrected chi connectivity index (χ0v) is 15.8. The highest BCUT2D eigenvalue weighted by Crippen LogP contribution is 2.30. The van der Waals surface area contributed by atoms with E-state index in [1.165, 1.54) is 6.33 Å². The molecule has 0 amide bonds. The minimum absolute atomic E-state index is 0.00421. The number of hydrogen-bond donors (Lipinski definition) is 2. The van der Waals surface area contributed by atoms with Crippen LogP contribution in [-0.2, 0) is 0 Å².